The van der Waals surface area contributed by atoms with Crippen molar-refractivity contribution >= 4 is 35.8 Å². The lowest BCUT2D eigenvalue weighted by Crippen LogP contribution is -2.42. The van der Waals surface area contributed by atoms with Crippen molar-refractivity contribution in [1.82, 2.24) is 0 Å². The van der Waals surface area contributed by atoms with E-state index in [2.05, 4.69) is 55.9 Å². The molecule has 0 saturated carbocycles. The molecule has 1 aromatic carbocycles. The molecule has 0 heterocycles. The van der Waals surface area contributed by atoms with Crippen LogP contribution < -0.4 is 0 Å². The summed E-state index contributed by atoms with van der Waals surface area (Å²) in [5.41, 5.74) is 1.14. The highest BCUT2D eigenvalue weighted by Crippen LogP contribution is 2.40. The average molecular weight is 350 g/mol. The van der Waals surface area contributed by atoms with Crippen LogP contribution in [-0.4, -0.2) is 13.6 Å². The SMILES string of the molecule is CC(C)(C)[Si](C)(C)OC(CBr)c1cccc(Cl)c1. The molecule has 0 spiro atoms. The maximum Gasteiger partial charge on any atom is 0.192 e. The Bertz CT molecular complexity index is 401. The highest BCUT2D eigenvalue weighted by molar-refractivity contribution is 9.09. The van der Waals surface area contributed by atoms with Gasteiger partial charge in [0.1, 0.15) is 0 Å². The molecule has 0 saturated heterocycles. The molecule has 0 aliphatic carbocycles. The Hall–Kier alpha value is 0.167. The monoisotopic (exact) mass is 348 g/mol. The molecule has 1 atom stereocenters. The zero-order valence-corrected chi connectivity index (χ0v) is 15.1. The Morgan fingerprint density at radius 1 is 1.33 bits per heavy atom. The number of alkyl halides is 1. The summed E-state index contributed by atoms with van der Waals surface area (Å²) in [5, 5.41) is 1.77. The van der Waals surface area contributed by atoms with E-state index in [0.29, 0.717) is 0 Å². The number of benzene rings is 1. The molecule has 1 unspecified atom stereocenters. The van der Waals surface area contributed by atoms with Gasteiger partial charge >= 0.3 is 0 Å². The van der Waals surface area contributed by atoms with Gasteiger partial charge in [0, 0.05) is 10.4 Å². The Kier molecular flexibility index (Phi) is 5.48. The first-order valence-electron chi connectivity index (χ1n) is 6.16. The largest absolute Gasteiger partial charge is 0.409 e. The van der Waals surface area contributed by atoms with E-state index in [1.54, 1.807) is 0 Å². The predicted molar refractivity (Wildman–Crippen MR) is 86.3 cm³/mol. The van der Waals surface area contributed by atoms with Crippen LogP contribution in [-0.2, 0) is 4.43 Å². The second kappa shape index (κ2) is 6.08. The standard InChI is InChI=1S/C14H22BrClOSi/c1-14(2,3)18(4,5)17-13(10-15)11-7-6-8-12(16)9-11/h6-9,13H,10H2,1-5H3. The molecule has 102 valence electrons. The number of hydrogen-bond acceptors (Lipinski definition) is 1. The fraction of sp³-hybridized carbons (Fsp3) is 0.571. The molecule has 18 heavy (non-hydrogen) atoms. The van der Waals surface area contributed by atoms with E-state index in [1.807, 2.05) is 18.2 Å². The molecular weight excluding hydrogens is 328 g/mol. The van der Waals surface area contributed by atoms with Crippen LogP contribution in [0.25, 0.3) is 0 Å². The van der Waals surface area contributed by atoms with Crippen LogP contribution >= 0.6 is 27.5 Å². The molecule has 1 aromatic rings. The summed E-state index contributed by atoms with van der Waals surface area (Å²) in [6.45, 7) is 11.3. The van der Waals surface area contributed by atoms with Gasteiger partial charge in [-0.3, -0.25) is 0 Å². The van der Waals surface area contributed by atoms with Crippen molar-refractivity contribution in [3.63, 3.8) is 0 Å². The number of hydrogen-bond donors (Lipinski definition) is 0. The molecule has 0 amide bonds. The van der Waals surface area contributed by atoms with Crippen LogP contribution in [0.15, 0.2) is 24.3 Å². The van der Waals surface area contributed by atoms with Crippen molar-refractivity contribution in [2.75, 3.05) is 5.33 Å². The molecular formula is C14H22BrClOSi. The van der Waals surface area contributed by atoms with Crippen LogP contribution in [0.3, 0.4) is 0 Å². The van der Waals surface area contributed by atoms with Gasteiger partial charge < -0.3 is 4.43 Å². The third-order valence-corrected chi connectivity index (χ3v) is 8.91. The van der Waals surface area contributed by atoms with Crippen LogP contribution in [0.5, 0.6) is 0 Å². The summed E-state index contributed by atoms with van der Waals surface area (Å²) in [7, 11) is -1.76. The number of rotatable bonds is 4. The first-order chi connectivity index (χ1) is 8.17. The Morgan fingerprint density at radius 2 is 1.94 bits per heavy atom. The van der Waals surface area contributed by atoms with E-state index < -0.39 is 8.32 Å². The van der Waals surface area contributed by atoms with Crippen molar-refractivity contribution < 1.29 is 4.43 Å². The molecule has 0 aliphatic heterocycles. The predicted octanol–water partition coefficient (Wildman–Crippen LogP) is 5.80. The van der Waals surface area contributed by atoms with Gasteiger partial charge in [-0.05, 0) is 35.8 Å². The topological polar surface area (TPSA) is 9.23 Å². The summed E-state index contributed by atoms with van der Waals surface area (Å²) in [4.78, 5) is 0. The van der Waals surface area contributed by atoms with Crippen molar-refractivity contribution in [1.29, 1.82) is 0 Å². The second-order valence-electron chi connectivity index (χ2n) is 6.08. The molecule has 1 nitrogen and oxygen atoms in total. The fourth-order valence-electron chi connectivity index (χ4n) is 1.43. The second-order valence-corrected chi connectivity index (χ2v) is 11.9. The van der Waals surface area contributed by atoms with Crippen molar-refractivity contribution in [3.8, 4) is 0 Å². The minimum Gasteiger partial charge on any atom is -0.409 e. The highest BCUT2D eigenvalue weighted by atomic mass is 79.9. The summed E-state index contributed by atoms with van der Waals surface area (Å²) in [5.74, 6) is 0. The van der Waals surface area contributed by atoms with Crippen LogP contribution in [0, 0.1) is 0 Å². The van der Waals surface area contributed by atoms with Gasteiger partial charge in [-0.25, -0.2) is 0 Å². The lowest BCUT2D eigenvalue weighted by Gasteiger charge is -2.39. The molecule has 0 N–H and O–H groups in total. The van der Waals surface area contributed by atoms with Gasteiger partial charge in [-0.1, -0.05) is 60.4 Å². The molecule has 1 rings (SSSR count). The minimum absolute atomic E-state index is 0.0737. The molecule has 0 aromatic heterocycles. The van der Waals surface area contributed by atoms with Crippen LogP contribution in [0.2, 0.25) is 23.2 Å². The zero-order chi connectivity index (χ0) is 14.0. The van der Waals surface area contributed by atoms with E-state index in [9.17, 15) is 0 Å². The van der Waals surface area contributed by atoms with Crippen LogP contribution in [0.4, 0.5) is 0 Å². The van der Waals surface area contributed by atoms with Gasteiger partial charge in [0.25, 0.3) is 0 Å². The summed E-state index contributed by atoms with van der Waals surface area (Å²) < 4.78 is 6.43. The van der Waals surface area contributed by atoms with Gasteiger partial charge in [0.2, 0.25) is 0 Å². The molecule has 0 radical (unpaired) electrons. The summed E-state index contributed by atoms with van der Waals surface area (Å²) in [6, 6.07) is 7.93. The summed E-state index contributed by atoms with van der Waals surface area (Å²) >= 11 is 9.60. The van der Waals surface area contributed by atoms with Gasteiger partial charge in [-0.15, -0.1) is 0 Å². The first kappa shape index (κ1) is 16.2. The molecule has 4 heteroatoms. The Morgan fingerprint density at radius 3 is 2.39 bits per heavy atom. The van der Waals surface area contributed by atoms with Crippen LogP contribution in [0.1, 0.15) is 32.4 Å². The Labute approximate surface area is 125 Å². The average Bonchev–Trinajstić information content (AvgIpc) is 2.24. The summed E-state index contributed by atoms with van der Waals surface area (Å²) in [6.07, 6.45) is 0.0737. The van der Waals surface area contributed by atoms with E-state index in [0.717, 1.165) is 15.9 Å². The van der Waals surface area contributed by atoms with Gasteiger partial charge in [-0.2, -0.15) is 0 Å². The smallest absolute Gasteiger partial charge is 0.192 e. The maximum atomic E-state index is 6.43. The van der Waals surface area contributed by atoms with Crippen molar-refractivity contribution in [3.05, 3.63) is 34.9 Å². The Balaban J connectivity index is 2.93. The third kappa shape index (κ3) is 4.09. The zero-order valence-electron chi connectivity index (χ0n) is 11.8. The van der Waals surface area contributed by atoms with E-state index in [-0.39, 0.29) is 11.1 Å². The van der Waals surface area contributed by atoms with E-state index >= 15 is 0 Å². The number of halogens is 2. The molecule has 0 fully saturated rings. The van der Waals surface area contributed by atoms with E-state index in [1.165, 1.54) is 0 Å². The maximum absolute atomic E-state index is 6.43. The fourth-order valence-corrected chi connectivity index (χ4v) is 3.66. The third-order valence-electron chi connectivity index (χ3n) is 3.60. The molecule has 0 bridgehead atoms. The van der Waals surface area contributed by atoms with Gasteiger partial charge in [0.05, 0.1) is 6.10 Å². The first-order valence-corrected chi connectivity index (χ1v) is 10.6. The minimum atomic E-state index is -1.76. The highest BCUT2D eigenvalue weighted by Gasteiger charge is 2.39. The van der Waals surface area contributed by atoms with E-state index in [4.69, 9.17) is 16.0 Å². The molecule has 0 aliphatic rings. The normalized spacial score (nSPS) is 14.6. The quantitative estimate of drug-likeness (QED) is 0.493. The lowest BCUT2D eigenvalue weighted by molar-refractivity contribution is 0.208. The van der Waals surface area contributed by atoms with Crippen molar-refractivity contribution in [2.24, 2.45) is 0 Å². The lowest BCUT2D eigenvalue weighted by atomic mass is 10.1. The van der Waals surface area contributed by atoms with Gasteiger partial charge in [0.15, 0.2) is 8.32 Å². The van der Waals surface area contributed by atoms with Crippen molar-refractivity contribution in [2.45, 2.75) is 45.0 Å².